The number of amides is 1. The highest BCUT2D eigenvalue weighted by Crippen LogP contribution is 2.31. The van der Waals surface area contributed by atoms with Crippen molar-refractivity contribution in [3.63, 3.8) is 0 Å². The van der Waals surface area contributed by atoms with Crippen LogP contribution in [-0.4, -0.2) is 28.5 Å². The second-order valence-corrected chi connectivity index (χ2v) is 8.43. The summed E-state index contributed by atoms with van der Waals surface area (Å²) < 4.78 is 65.4. The van der Waals surface area contributed by atoms with Crippen molar-refractivity contribution in [2.45, 2.75) is 4.90 Å². The second-order valence-electron chi connectivity index (χ2n) is 6.37. The molecule has 0 fully saturated rings. The van der Waals surface area contributed by atoms with Crippen LogP contribution in [0.1, 0.15) is 10.4 Å². The van der Waals surface area contributed by atoms with Crippen molar-refractivity contribution in [1.29, 1.82) is 0 Å². The lowest BCUT2D eigenvalue weighted by Gasteiger charge is -2.15. The Labute approximate surface area is 188 Å². The molecule has 0 saturated heterocycles. The third-order valence-electron chi connectivity index (χ3n) is 4.34. The fourth-order valence-corrected chi connectivity index (χ4v) is 4.17. The summed E-state index contributed by atoms with van der Waals surface area (Å²) in [5.41, 5.74) is 0.132. The number of carbonyl (C=O) groups excluding carboxylic acids is 1. The Morgan fingerprint density at radius 2 is 1.66 bits per heavy atom. The Morgan fingerprint density at radius 1 is 0.938 bits per heavy atom. The maximum Gasteiger partial charge on any atom is 0.264 e. The summed E-state index contributed by atoms with van der Waals surface area (Å²) in [4.78, 5) is 12.0. The van der Waals surface area contributed by atoms with Crippen LogP contribution >= 0.6 is 11.6 Å². The molecule has 7 nitrogen and oxygen atoms in total. The number of halogens is 3. The van der Waals surface area contributed by atoms with Gasteiger partial charge in [-0.3, -0.25) is 9.52 Å². The molecule has 0 heterocycles. The average molecular weight is 483 g/mol. The number of carbonyl (C=O) groups is 1. The molecule has 0 aliphatic carbocycles. The van der Waals surface area contributed by atoms with E-state index in [1.54, 1.807) is 18.2 Å². The van der Waals surface area contributed by atoms with E-state index in [0.29, 0.717) is 29.3 Å². The van der Waals surface area contributed by atoms with Crippen LogP contribution < -0.4 is 19.5 Å². The van der Waals surface area contributed by atoms with Gasteiger partial charge in [0.1, 0.15) is 28.0 Å². The summed E-state index contributed by atoms with van der Waals surface area (Å²) >= 11 is 5.60. The predicted octanol–water partition coefficient (Wildman–Crippen LogP) is 4.69. The molecule has 32 heavy (non-hydrogen) atoms. The molecule has 0 radical (unpaired) electrons. The van der Waals surface area contributed by atoms with Crippen molar-refractivity contribution in [2.75, 3.05) is 24.3 Å². The van der Waals surface area contributed by atoms with Crippen LogP contribution in [-0.2, 0) is 10.0 Å². The van der Waals surface area contributed by atoms with Crippen molar-refractivity contribution in [3.8, 4) is 11.5 Å². The Hall–Kier alpha value is -3.37. The lowest BCUT2D eigenvalue weighted by atomic mass is 10.1. The van der Waals surface area contributed by atoms with Crippen molar-refractivity contribution in [3.05, 3.63) is 76.8 Å². The molecule has 0 atom stereocenters. The molecule has 0 aliphatic heterocycles. The van der Waals surface area contributed by atoms with Gasteiger partial charge in [0.25, 0.3) is 15.9 Å². The molecule has 0 aliphatic rings. The van der Waals surface area contributed by atoms with E-state index in [1.165, 1.54) is 38.5 Å². The maximum atomic E-state index is 14.1. The number of rotatable bonds is 7. The molecule has 3 aromatic carbocycles. The largest absolute Gasteiger partial charge is 0.497 e. The van der Waals surface area contributed by atoms with Crippen LogP contribution in [0.4, 0.5) is 20.2 Å². The van der Waals surface area contributed by atoms with Crippen molar-refractivity contribution in [2.24, 2.45) is 0 Å². The van der Waals surface area contributed by atoms with Gasteiger partial charge < -0.3 is 14.8 Å². The SMILES string of the molecule is COc1ccc(NC(=O)c2ccccc2NS(=O)(=O)c2cc(Cl)c(F)cc2F)c(OC)c1. The first-order valence-electron chi connectivity index (χ1n) is 8.96. The van der Waals surface area contributed by atoms with Gasteiger partial charge in [-0.2, -0.15) is 0 Å². The summed E-state index contributed by atoms with van der Waals surface area (Å²) in [6, 6.07) is 11.4. The Balaban J connectivity index is 1.93. The molecule has 0 aromatic heterocycles. The van der Waals surface area contributed by atoms with E-state index < -0.39 is 37.5 Å². The van der Waals surface area contributed by atoms with E-state index in [2.05, 4.69) is 10.0 Å². The van der Waals surface area contributed by atoms with Gasteiger partial charge in [-0.15, -0.1) is 0 Å². The summed E-state index contributed by atoms with van der Waals surface area (Å²) in [5.74, 6) is -2.27. The minimum absolute atomic E-state index is 0.0532. The Morgan fingerprint density at radius 3 is 2.34 bits per heavy atom. The van der Waals surface area contributed by atoms with E-state index in [-0.39, 0.29) is 11.3 Å². The fraction of sp³-hybridized carbons (Fsp3) is 0.0952. The normalized spacial score (nSPS) is 11.0. The maximum absolute atomic E-state index is 14.1. The molecule has 3 rings (SSSR count). The zero-order valence-corrected chi connectivity index (χ0v) is 18.4. The number of para-hydroxylation sites is 1. The number of hydrogen-bond acceptors (Lipinski definition) is 5. The van der Waals surface area contributed by atoms with Crippen molar-refractivity contribution < 1.29 is 31.5 Å². The first-order chi connectivity index (χ1) is 15.2. The van der Waals surface area contributed by atoms with Gasteiger partial charge >= 0.3 is 0 Å². The first kappa shape index (κ1) is 23.3. The third-order valence-corrected chi connectivity index (χ3v) is 6.01. The van der Waals surface area contributed by atoms with E-state index in [9.17, 15) is 22.0 Å². The molecule has 0 bridgehead atoms. The molecule has 11 heteroatoms. The quantitative estimate of drug-likeness (QED) is 0.476. The van der Waals surface area contributed by atoms with E-state index in [4.69, 9.17) is 21.1 Å². The first-order valence-corrected chi connectivity index (χ1v) is 10.8. The topological polar surface area (TPSA) is 93.7 Å². The molecule has 0 saturated carbocycles. The number of hydrogen-bond donors (Lipinski definition) is 2. The zero-order chi connectivity index (χ0) is 23.5. The molecular weight excluding hydrogens is 466 g/mol. The average Bonchev–Trinajstić information content (AvgIpc) is 2.76. The van der Waals surface area contributed by atoms with Gasteiger partial charge in [0.2, 0.25) is 0 Å². The summed E-state index contributed by atoms with van der Waals surface area (Å²) in [6.07, 6.45) is 0. The highest BCUT2D eigenvalue weighted by atomic mass is 35.5. The van der Waals surface area contributed by atoms with E-state index in [0.717, 1.165) is 0 Å². The smallest absolute Gasteiger partial charge is 0.264 e. The summed E-state index contributed by atoms with van der Waals surface area (Å²) in [6.45, 7) is 0. The van der Waals surface area contributed by atoms with Gasteiger partial charge in [-0.1, -0.05) is 23.7 Å². The third kappa shape index (κ3) is 4.92. The Bertz CT molecular complexity index is 1290. The number of ether oxygens (including phenoxy) is 2. The molecule has 0 spiro atoms. The van der Waals surface area contributed by atoms with Crippen LogP contribution in [0.25, 0.3) is 0 Å². The lowest BCUT2D eigenvalue weighted by Crippen LogP contribution is -2.19. The minimum Gasteiger partial charge on any atom is -0.497 e. The minimum atomic E-state index is -4.53. The number of nitrogens with one attached hydrogen (secondary N) is 2. The molecule has 3 aromatic rings. The lowest BCUT2D eigenvalue weighted by molar-refractivity contribution is 0.102. The molecule has 0 unspecified atom stereocenters. The van der Waals surface area contributed by atoms with Gasteiger partial charge in [0.15, 0.2) is 0 Å². The number of methoxy groups -OCH3 is 2. The van der Waals surface area contributed by atoms with Crippen LogP contribution in [0.2, 0.25) is 5.02 Å². The Kier molecular flexibility index (Phi) is 6.85. The number of anilines is 2. The van der Waals surface area contributed by atoms with Crippen LogP contribution in [0, 0.1) is 11.6 Å². The standard InChI is InChI=1S/C21H17ClF2N2O5S/c1-30-12-7-8-18(19(9-12)31-2)25-21(27)13-5-3-4-6-17(13)26-32(28,29)20-10-14(22)15(23)11-16(20)24/h3-11,26H,1-2H3,(H,25,27). The zero-order valence-electron chi connectivity index (χ0n) is 16.8. The van der Waals surface area contributed by atoms with Crippen molar-refractivity contribution in [1.82, 2.24) is 0 Å². The molecule has 168 valence electrons. The van der Waals surface area contributed by atoms with Gasteiger partial charge in [0, 0.05) is 12.1 Å². The monoisotopic (exact) mass is 482 g/mol. The van der Waals surface area contributed by atoms with E-state index in [1.807, 2.05) is 0 Å². The van der Waals surface area contributed by atoms with Crippen LogP contribution in [0.5, 0.6) is 11.5 Å². The molecule has 1 amide bonds. The van der Waals surface area contributed by atoms with Gasteiger partial charge in [-0.05, 0) is 30.3 Å². The number of sulfonamides is 1. The molecule has 2 N–H and O–H groups in total. The number of benzene rings is 3. The van der Waals surface area contributed by atoms with Crippen molar-refractivity contribution >= 4 is 38.9 Å². The highest BCUT2D eigenvalue weighted by molar-refractivity contribution is 7.92. The van der Waals surface area contributed by atoms with Crippen LogP contribution in [0.3, 0.4) is 0 Å². The second kappa shape index (κ2) is 9.41. The summed E-state index contributed by atoms with van der Waals surface area (Å²) in [5, 5.41) is 2.06. The predicted molar refractivity (Wildman–Crippen MR) is 116 cm³/mol. The molecular formula is C21H17ClF2N2O5S. The van der Waals surface area contributed by atoms with E-state index >= 15 is 0 Å². The van der Waals surface area contributed by atoms with Crippen LogP contribution in [0.15, 0.2) is 59.5 Å². The van der Waals surface area contributed by atoms with Gasteiger partial charge in [-0.25, -0.2) is 17.2 Å². The highest BCUT2D eigenvalue weighted by Gasteiger charge is 2.24. The van der Waals surface area contributed by atoms with Gasteiger partial charge in [0.05, 0.1) is 36.2 Å². The summed E-state index contributed by atoms with van der Waals surface area (Å²) in [7, 11) is -1.64. The fourth-order valence-electron chi connectivity index (χ4n) is 2.77.